The molecule has 0 aliphatic heterocycles. The van der Waals surface area contributed by atoms with Gasteiger partial charge in [-0.3, -0.25) is 0 Å². The molecule has 0 unspecified atom stereocenters. The van der Waals surface area contributed by atoms with Crippen molar-refractivity contribution in [2.45, 2.75) is 13.3 Å². The first-order valence-corrected chi connectivity index (χ1v) is 5.73. The summed E-state index contributed by atoms with van der Waals surface area (Å²) in [5, 5.41) is 0.513. The third kappa shape index (κ3) is 2.59. The molecular weight excluding hydrogens is 237 g/mol. The van der Waals surface area contributed by atoms with Crippen LogP contribution in [0.25, 0.3) is 0 Å². The number of halogens is 2. The van der Waals surface area contributed by atoms with Crippen LogP contribution in [0.2, 0.25) is 5.02 Å². The van der Waals surface area contributed by atoms with Crippen LogP contribution in [0.15, 0.2) is 36.4 Å². The molecule has 0 aromatic heterocycles. The maximum Gasteiger partial charge on any atom is 0.126 e. The molecule has 88 valence electrons. The smallest absolute Gasteiger partial charge is 0.126 e. The van der Waals surface area contributed by atoms with Crippen molar-refractivity contribution in [3.05, 3.63) is 63.9 Å². The number of anilines is 1. The Morgan fingerprint density at radius 1 is 1.18 bits per heavy atom. The van der Waals surface area contributed by atoms with E-state index >= 15 is 0 Å². The van der Waals surface area contributed by atoms with Crippen molar-refractivity contribution in [2.75, 3.05) is 5.73 Å². The normalized spacial score (nSPS) is 10.5. The van der Waals surface area contributed by atoms with Crippen molar-refractivity contribution in [1.82, 2.24) is 0 Å². The molecule has 0 aliphatic rings. The molecule has 0 saturated carbocycles. The fraction of sp³-hybridized carbons (Fsp3) is 0.143. The molecule has 0 amide bonds. The SMILES string of the molecule is Cc1cc(N)c(Cl)c(Cc2ccccc2F)c1. The largest absolute Gasteiger partial charge is 0.398 e. The van der Waals surface area contributed by atoms with Crippen molar-refractivity contribution >= 4 is 17.3 Å². The Morgan fingerprint density at radius 3 is 2.59 bits per heavy atom. The minimum Gasteiger partial charge on any atom is -0.398 e. The molecule has 2 N–H and O–H groups in total. The standard InChI is InChI=1S/C14H13ClFN/c1-9-6-11(14(15)13(17)7-9)8-10-4-2-3-5-12(10)16/h2-7H,8,17H2,1H3. The first kappa shape index (κ1) is 11.9. The highest BCUT2D eigenvalue weighted by Crippen LogP contribution is 2.27. The Hall–Kier alpha value is -1.54. The number of nitrogens with two attached hydrogens (primary N) is 1. The van der Waals surface area contributed by atoms with E-state index in [0.717, 1.165) is 11.1 Å². The van der Waals surface area contributed by atoms with Crippen molar-refractivity contribution in [1.29, 1.82) is 0 Å². The molecule has 0 radical (unpaired) electrons. The molecule has 0 saturated heterocycles. The number of hydrogen-bond donors (Lipinski definition) is 1. The molecule has 0 bridgehead atoms. The molecule has 1 nitrogen and oxygen atoms in total. The molecule has 0 fully saturated rings. The van der Waals surface area contributed by atoms with Gasteiger partial charge in [0.1, 0.15) is 5.82 Å². The lowest BCUT2D eigenvalue weighted by molar-refractivity contribution is 0.614. The molecule has 2 rings (SSSR count). The van der Waals surface area contributed by atoms with Crippen LogP contribution in [0.3, 0.4) is 0 Å². The maximum absolute atomic E-state index is 13.5. The lowest BCUT2D eigenvalue weighted by atomic mass is 10.0. The van der Waals surface area contributed by atoms with Crippen molar-refractivity contribution in [3.8, 4) is 0 Å². The highest BCUT2D eigenvalue weighted by molar-refractivity contribution is 6.33. The Bertz CT molecular complexity index is 552. The zero-order chi connectivity index (χ0) is 12.4. The summed E-state index contributed by atoms with van der Waals surface area (Å²) in [7, 11) is 0. The fourth-order valence-electron chi connectivity index (χ4n) is 1.85. The number of rotatable bonds is 2. The van der Waals surface area contributed by atoms with E-state index in [4.69, 9.17) is 17.3 Å². The second kappa shape index (κ2) is 4.76. The lowest BCUT2D eigenvalue weighted by Crippen LogP contribution is -1.97. The van der Waals surface area contributed by atoms with Gasteiger partial charge >= 0.3 is 0 Å². The van der Waals surface area contributed by atoms with E-state index in [1.54, 1.807) is 12.1 Å². The predicted octanol–water partition coefficient (Wildman–Crippen LogP) is 3.96. The van der Waals surface area contributed by atoms with Gasteiger partial charge in [-0.2, -0.15) is 0 Å². The van der Waals surface area contributed by atoms with E-state index in [0.29, 0.717) is 22.7 Å². The highest BCUT2D eigenvalue weighted by atomic mass is 35.5. The minimum absolute atomic E-state index is 0.219. The Labute approximate surface area is 105 Å². The number of nitrogen functional groups attached to an aromatic ring is 1. The maximum atomic E-state index is 13.5. The molecule has 0 spiro atoms. The topological polar surface area (TPSA) is 26.0 Å². The van der Waals surface area contributed by atoms with Crippen LogP contribution in [0.5, 0.6) is 0 Å². The molecular formula is C14H13ClFN. The van der Waals surface area contributed by atoms with Crippen LogP contribution in [-0.2, 0) is 6.42 Å². The summed E-state index contributed by atoms with van der Waals surface area (Å²) in [6.45, 7) is 1.94. The van der Waals surface area contributed by atoms with Gasteiger partial charge in [0.25, 0.3) is 0 Å². The first-order chi connectivity index (χ1) is 8.08. The van der Waals surface area contributed by atoms with E-state index in [1.165, 1.54) is 6.07 Å². The quantitative estimate of drug-likeness (QED) is 0.801. The van der Waals surface area contributed by atoms with Crippen LogP contribution in [0, 0.1) is 12.7 Å². The van der Waals surface area contributed by atoms with E-state index in [9.17, 15) is 4.39 Å². The first-order valence-electron chi connectivity index (χ1n) is 5.36. The predicted molar refractivity (Wildman–Crippen MR) is 69.8 cm³/mol. The Kier molecular flexibility index (Phi) is 3.34. The van der Waals surface area contributed by atoms with Gasteiger partial charge in [0.2, 0.25) is 0 Å². The second-order valence-corrected chi connectivity index (χ2v) is 4.47. The lowest BCUT2D eigenvalue weighted by Gasteiger charge is -2.09. The van der Waals surface area contributed by atoms with Gasteiger partial charge in [0, 0.05) is 6.42 Å². The third-order valence-corrected chi connectivity index (χ3v) is 3.12. The molecule has 17 heavy (non-hydrogen) atoms. The fourth-order valence-corrected chi connectivity index (χ4v) is 2.03. The van der Waals surface area contributed by atoms with E-state index in [-0.39, 0.29) is 5.82 Å². The summed E-state index contributed by atoms with van der Waals surface area (Å²) in [6, 6.07) is 10.4. The number of hydrogen-bond acceptors (Lipinski definition) is 1. The Morgan fingerprint density at radius 2 is 1.88 bits per heavy atom. The van der Waals surface area contributed by atoms with Crippen LogP contribution < -0.4 is 5.73 Å². The summed E-state index contributed by atoms with van der Waals surface area (Å²) in [5.41, 5.74) is 8.83. The van der Waals surface area contributed by atoms with Crippen molar-refractivity contribution < 1.29 is 4.39 Å². The van der Waals surface area contributed by atoms with Crippen molar-refractivity contribution in [2.24, 2.45) is 0 Å². The van der Waals surface area contributed by atoms with Gasteiger partial charge < -0.3 is 5.73 Å². The highest BCUT2D eigenvalue weighted by Gasteiger charge is 2.08. The molecule has 0 aliphatic carbocycles. The zero-order valence-corrected chi connectivity index (χ0v) is 10.3. The molecule has 3 heteroatoms. The average molecular weight is 250 g/mol. The van der Waals surface area contributed by atoms with Crippen LogP contribution in [-0.4, -0.2) is 0 Å². The van der Waals surface area contributed by atoms with Crippen LogP contribution in [0.4, 0.5) is 10.1 Å². The molecule has 2 aromatic carbocycles. The molecule has 0 heterocycles. The number of aryl methyl sites for hydroxylation is 1. The summed E-state index contributed by atoms with van der Waals surface area (Å²) < 4.78 is 13.5. The van der Waals surface area contributed by atoms with Gasteiger partial charge in [-0.15, -0.1) is 0 Å². The molecule has 2 aromatic rings. The van der Waals surface area contributed by atoms with E-state index < -0.39 is 0 Å². The summed E-state index contributed by atoms with van der Waals surface area (Å²) in [4.78, 5) is 0. The monoisotopic (exact) mass is 249 g/mol. The summed E-state index contributed by atoms with van der Waals surface area (Å²) in [6.07, 6.45) is 0.456. The number of benzene rings is 2. The third-order valence-electron chi connectivity index (χ3n) is 2.66. The molecule has 0 atom stereocenters. The summed E-state index contributed by atoms with van der Waals surface area (Å²) >= 11 is 6.12. The van der Waals surface area contributed by atoms with Gasteiger partial charge in [0.05, 0.1) is 10.7 Å². The minimum atomic E-state index is -0.219. The van der Waals surface area contributed by atoms with Gasteiger partial charge in [0.15, 0.2) is 0 Å². The van der Waals surface area contributed by atoms with Gasteiger partial charge in [-0.25, -0.2) is 4.39 Å². The zero-order valence-electron chi connectivity index (χ0n) is 9.50. The van der Waals surface area contributed by atoms with Gasteiger partial charge in [-0.05, 0) is 35.7 Å². The Balaban J connectivity index is 2.40. The van der Waals surface area contributed by atoms with Crippen LogP contribution >= 0.6 is 11.6 Å². The summed E-state index contributed by atoms with van der Waals surface area (Å²) in [5.74, 6) is -0.219. The van der Waals surface area contributed by atoms with Crippen LogP contribution in [0.1, 0.15) is 16.7 Å². The van der Waals surface area contributed by atoms with Gasteiger partial charge in [-0.1, -0.05) is 35.9 Å². The average Bonchev–Trinajstić information content (AvgIpc) is 2.28. The second-order valence-electron chi connectivity index (χ2n) is 4.10. The van der Waals surface area contributed by atoms with E-state index in [1.807, 2.05) is 25.1 Å². The van der Waals surface area contributed by atoms with Crippen molar-refractivity contribution in [3.63, 3.8) is 0 Å². The van der Waals surface area contributed by atoms with E-state index in [2.05, 4.69) is 0 Å².